The van der Waals surface area contributed by atoms with Crippen molar-refractivity contribution < 1.29 is 48.2 Å². The van der Waals surface area contributed by atoms with Crippen LogP contribution in [0.4, 0.5) is 0 Å². The lowest BCUT2D eigenvalue weighted by Crippen LogP contribution is -2.59. The fraction of sp³-hybridized carbons (Fsp3) is 0.353. The van der Waals surface area contributed by atoms with Gasteiger partial charge < -0.3 is 42.5 Å². The molecule has 0 bridgehead atoms. The highest BCUT2D eigenvalue weighted by atomic mass is 16.4. The van der Waals surface area contributed by atoms with Gasteiger partial charge in [0.05, 0.1) is 12.5 Å². The molecule has 0 aliphatic heterocycles. The fourth-order valence-corrected chi connectivity index (χ4v) is 4.83. The number of aromatic hydroxyl groups is 1. The summed E-state index contributed by atoms with van der Waals surface area (Å²) < 4.78 is 4.97. The highest BCUT2D eigenvalue weighted by Gasteiger charge is 2.37. The minimum Gasteiger partial charge on any atom is -0.508 e. The largest absolute Gasteiger partial charge is 0.508 e. The van der Waals surface area contributed by atoms with Crippen molar-refractivity contribution in [3.8, 4) is 5.75 Å². The first-order valence-electron chi connectivity index (χ1n) is 15.6. The number of amides is 6. The predicted molar refractivity (Wildman–Crippen MR) is 183 cm³/mol. The van der Waals surface area contributed by atoms with Gasteiger partial charge in [-0.1, -0.05) is 32.0 Å². The number of carbonyl (C=O) groups is 7. The van der Waals surface area contributed by atoms with Crippen molar-refractivity contribution in [2.45, 2.75) is 71.6 Å². The van der Waals surface area contributed by atoms with E-state index in [0.29, 0.717) is 21.6 Å². The van der Waals surface area contributed by atoms with Crippen LogP contribution in [0.5, 0.6) is 5.75 Å². The van der Waals surface area contributed by atoms with E-state index in [1.807, 2.05) is 6.92 Å². The van der Waals surface area contributed by atoms with Gasteiger partial charge in [0.1, 0.15) is 29.5 Å². The van der Waals surface area contributed by atoms with Crippen molar-refractivity contribution >= 4 is 52.4 Å². The van der Waals surface area contributed by atoms with E-state index >= 15 is 0 Å². The number of nitrogens with one attached hydrogen (secondary N) is 2. The molecule has 0 unspecified atom stereocenters. The number of rotatable bonds is 13. The van der Waals surface area contributed by atoms with Crippen LogP contribution < -0.4 is 33.5 Å². The number of phenolic OH excluding ortho intramolecular Hbond substituents is 1. The molecule has 0 aliphatic carbocycles. The van der Waals surface area contributed by atoms with Gasteiger partial charge >= 0.3 is 11.6 Å². The number of phenols is 1. The smallest absolute Gasteiger partial charge is 0.336 e. The molecule has 6 amide bonds. The van der Waals surface area contributed by atoms with Crippen LogP contribution in [0, 0.1) is 12.8 Å². The summed E-state index contributed by atoms with van der Waals surface area (Å²) in [6.45, 7) is 7.28. The second-order valence-corrected chi connectivity index (χ2v) is 12.0. The second kappa shape index (κ2) is 18.1. The standard InChI is InChI=1S/C23H33N5O8.C11H9NO3/c1-11(2)19(27-20(32)16(24)9-14-5-7-15(30)8-6-14)21(33)26-12(3)22(34)28(13(4)29)17(23(35)36)10-18(25)31;1-6-4-10(13)15-9-5-7(11(12)14)2-3-8(6)9/h5-8,11-12,16-17,19,30H,9-10,24H2,1-4H3,(H2,25,31)(H,26,33)(H,27,32)(H,35,36);2-5H,1H3,(H2,12,14)/t12-,16-,17-,19-;/m0./s1. The molecular weight excluding hydrogens is 668 g/mol. The van der Waals surface area contributed by atoms with Gasteiger partial charge in [-0.3, -0.25) is 33.7 Å². The molecule has 274 valence electrons. The molecule has 2 aromatic carbocycles. The number of imide groups is 1. The van der Waals surface area contributed by atoms with Gasteiger partial charge in [-0.05, 0) is 61.6 Å². The van der Waals surface area contributed by atoms with Gasteiger partial charge in [0.15, 0.2) is 0 Å². The number of carboxylic acids is 1. The van der Waals surface area contributed by atoms with Crippen LogP contribution in [-0.2, 0) is 35.2 Å². The van der Waals surface area contributed by atoms with E-state index in [-0.39, 0.29) is 12.2 Å². The second-order valence-electron chi connectivity index (χ2n) is 12.0. The van der Waals surface area contributed by atoms with Gasteiger partial charge in [0.2, 0.25) is 29.5 Å². The number of nitrogens with zero attached hydrogens (tertiary/aromatic N) is 1. The Balaban J connectivity index is 0.000000493. The number of hydrogen-bond donors (Lipinski definition) is 7. The molecule has 3 rings (SSSR count). The summed E-state index contributed by atoms with van der Waals surface area (Å²) in [5, 5.41) is 24.4. The van der Waals surface area contributed by atoms with E-state index in [0.717, 1.165) is 17.9 Å². The molecule has 17 nitrogen and oxygen atoms in total. The molecule has 0 radical (unpaired) electrons. The highest BCUT2D eigenvalue weighted by Crippen LogP contribution is 2.18. The number of aryl methyl sites for hydroxylation is 1. The van der Waals surface area contributed by atoms with Crippen molar-refractivity contribution in [3.05, 3.63) is 75.6 Å². The van der Waals surface area contributed by atoms with E-state index in [1.165, 1.54) is 31.2 Å². The lowest BCUT2D eigenvalue weighted by Gasteiger charge is -2.29. The quantitative estimate of drug-likeness (QED) is 0.114. The Kier molecular flexibility index (Phi) is 14.5. The minimum absolute atomic E-state index is 0.0598. The number of aliphatic carboxylic acids is 1. The number of primary amides is 2. The molecule has 10 N–H and O–H groups in total. The average Bonchev–Trinajstić information content (AvgIpc) is 3.03. The van der Waals surface area contributed by atoms with Gasteiger partial charge in [0.25, 0.3) is 5.91 Å². The van der Waals surface area contributed by atoms with Crippen molar-refractivity contribution in [3.63, 3.8) is 0 Å². The first kappa shape index (κ1) is 41.1. The molecule has 0 saturated carbocycles. The first-order chi connectivity index (χ1) is 23.7. The fourth-order valence-electron chi connectivity index (χ4n) is 4.83. The van der Waals surface area contributed by atoms with Crippen LogP contribution >= 0.6 is 0 Å². The van der Waals surface area contributed by atoms with Crippen LogP contribution in [0.25, 0.3) is 11.0 Å². The normalized spacial score (nSPS) is 13.1. The lowest BCUT2D eigenvalue weighted by atomic mass is 10.0. The number of benzene rings is 2. The topological polar surface area (TPSA) is 296 Å². The van der Waals surface area contributed by atoms with Crippen LogP contribution in [0.3, 0.4) is 0 Å². The Morgan fingerprint density at radius 1 is 0.902 bits per heavy atom. The minimum atomic E-state index is -1.84. The summed E-state index contributed by atoms with van der Waals surface area (Å²) in [4.78, 5) is 95.5. The van der Waals surface area contributed by atoms with Gasteiger partial charge in [0, 0.05) is 23.9 Å². The van der Waals surface area contributed by atoms with Crippen LogP contribution in [-0.4, -0.2) is 80.7 Å². The molecule has 3 aromatic rings. The summed E-state index contributed by atoms with van der Waals surface area (Å²) >= 11 is 0. The van der Waals surface area contributed by atoms with E-state index in [2.05, 4.69) is 10.6 Å². The number of nitrogens with two attached hydrogens (primary N) is 3. The molecule has 4 atom stereocenters. The molecule has 17 heteroatoms. The van der Waals surface area contributed by atoms with E-state index in [9.17, 15) is 48.6 Å². The maximum atomic E-state index is 12.9. The van der Waals surface area contributed by atoms with Crippen molar-refractivity contribution in [1.29, 1.82) is 0 Å². The number of hydrogen-bond acceptors (Lipinski definition) is 11. The number of carboxylic acid groups (broad SMARTS) is 1. The van der Waals surface area contributed by atoms with Gasteiger partial charge in [-0.15, -0.1) is 0 Å². The molecule has 0 aliphatic rings. The van der Waals surface area contributed by atoms with Crippen LogP contribution in [0.2, 0.25) is 0 Å². The summed E-state index contributed by atoms with van der Waals surface area (Å²) in [6, 6.07) is 6.98. The summed E-state index contributed by atoms with van der Waals surface area (Å²) in [5.74, 6) is -6.98. The maximum Gasteiger partial charge on any atom is 0.336 e. The molecular formula is C34H42N6O11. The zero-order chi connectivity index (χ0) is 38.7. The highest BCUT2D eigenvalue weighted by molar-refractivity contribution is 6.03. The molecule has 51 heavy (non-hydrogen) atoms. The van der Waals surface area contributed by atoms with E-state index in [1.54, 1.807) is 38.1 Å². The first-order valence-corrected chi connectivity index (χ1v) is 15.6. The Morgan fingerprint density at radius 3 is 2.02 bits per heavy atom. The Morgan fingerprint density at radius 2 is 1.51 bits per heavy atom. The molecule has 0 fully saturated rings. The average molecular weight is 711 g/mol. The third-order valence-corrected chi connectivity index (χ3v) is 7.51. The van der Waals surface area contributed by atoms with Crippen LogP contribution in [0.15, 0.2) is 57.7 Å². The summed E-state index contributed by atoms with van der Waals surface area (Å²) in [6.07, 6.45) is -0.664. The maximum absolute atomic E-state index is 12.9. The third kappa shape index (κ3) is 11.8. The van der Waals surface area contributed by atoms with E-state index in [4.69, 9.17) is 21.6 Å². The Labute approximate surface area is 292 Å². The van der Waals surface area contributed by atoms with Crippen molar-refractivity contribution in [1.82, 2.24) is 15.5 Å². The zero-order valence-electron chi connectivity index (χ0n) is 28.7. The SMILES string of the molecule is CC(=O)N(C(=O)[C@H](C)NC(=O)[C@@H](NC(=O)[C@@H](N)Cc1ccc(O)cc1)C(C)C)[C@@H](CC(N)=O)C(=O)O.Cc1cc(=O)oc2cc(C(N)=O)ccc12. The molecule has 1 aromatic heterocycles. The lowest BCUT2D eigenvalue weighted by molar-refractivity contribution is -0.159. The third-order valence-electron chi connectivity index (χ3n) is 7.51. The molecule has 1 heterocycles. The number of fused-ring (bicyclic) bond motifs is 1. The van der Waals surface area contributed by atoms with E-state index < -0.39 is 83.5 Å². The van der Waals surface area contributed by atoms with Crippen LogP contribution in [0.1, 0.15) is 55.6 Å². The van der Waals surface area contributed by atoms with Gasteiger partial charge in [-0.2, -0.15) is 0 Å². The van der Waals surface area contributed by atoms with Crippen molar-refractivity contribution in [2.75, 3.05) is 0 Å². The molecule has 0 spiro atoms. The van der Waals surface area contributed by atoms with Gasteiger partial charge in [-0.25, -0.2) is 9.59 Å². The predicted octanol–water partition coefficient (Wildman–Crippen LogP) is -0.188. The van der Waals surface area contributed by atoms with Crippen molar-refractivity contribution in [2.24, 2.45) is 23.1 Å². The monoisotopic (exact) mass is 710 g/mol. The summed E-state index contributed by atoms with van der Waals surface area (Å²) in [5.41, 5.74) is 17.9. The number of carbonyl (C=O) groups excluding carboxylic acids is 6. The zero-order valence-corrected chi connectivity index (χ0v) is 28.7. The Bertz CT molecular complexity index is 1860. The summed E-state index contributed by atoms with van der Waals surface area (Å²) in [7, 11) is 0. The Hall–Kier alpha value is -6.10. The molecule has 0 saturated heterocycles.